The Bertz CT molecular complexity index is 1100. The zero-order valence-electron chi connectivity index (χ0n) is 24.5. The third kappa shape index (κ3) is 18.3. The van der Waals surface area contributed by atoms with Crippen LogP contribution in [0.3, 0.4) is 0 Å². The fourth-order valence-corrected chi connectivity index (χ4v) is 3.87. The van der Waals surface area contributed by atoms with E-state index < -0.39 is 36.4 Å². The summed E-state index contributed by atoms with van der Waals surface area (Å²) < 4.78 is 101. The molecule has 0 amide bonds. The van der Waals surface area contributed by atoms with Gasteiger partial charge in [-0.3, -0.25) is 9.80 Å². The quantitative estimate of drug-likeness (QED) is 0.391. The van der Waals surface area contributed by atoms with Crippen LogP contribution >= 0.6 is 0 Å². The van der Waals surface area contributed by atoms with Gasteiger partial charge >= 0.3 is 36.4 Å². The number of nitriles is 1. The van der Waals surface area contributed by atoms with E-state index in [0.717, 1.165) is 58.0 Å². The van der Waals surface area contributed by atoms with Gasteiger partial charge < -0.3 is 25.0 Å². The van der Waals surface area contributed by atoms with Gasteiger partial charge in [-0.1, -0.05) is 12.1 Å². The summed E-state index contributed by atoms with van der Waals surface area (Å²) in [7, 11) is 4.27. The van der Waals surface area contributed by atoms with E-state index in [1.54, 1.807) is 0 Å². The van der Waals surface area contributed by atoms with E-state index >= 15 is 0 Å². The maximum absolute atomic E-state index is 10.6. The minimum atomic E-state index is -5.08. The molecular weight excluding hydrogens is 651 g/mol. The monoisotopic (exact) mass is 684 g/mol. The highest BCUT2D eigenvalue weighted by molar-refractivity contribution is 5.73. The van der Waals surface area contributed by atoms with Crippen molar-refractivity contribution in [2.24, 2.45) is 5.92 Å². The Morgan fingerprint density at radius 1 is 0.891 bits per heavy atom. The van der Waals surface area contributed by atoms with Crippen LogP contribution < -0.4 is 0 Å². The lowest BCUT2D eigenvalue weighted by Gasteiger charge is -2.38. The third-order valence-electron chi connectivity index (χ3n) is 6.07. The summed E-state index contributed by atoms with van der Waals surface area (Å²) in [5.74, 6) is -7.63. The molecule has 0 aliphatic carbocycles. The number of halogens is 9. The van der Waals surface area contributed by atoms with Gasteiger partial charge in [0.1, 0.15) is 0 Å². The Hall–Kier alpha value is -3.67. The molecule has 20 heteroatoms. The number of likely N-dealkylation sites (N-methyl/N-ethyl adjacent to an activating group) is 1. The number of carboxylic acids is 3. The number of hydrogen-bond acceptors (Lipinski definition) is 8. The van der Waals surface area contributed by atoms with Gasteiger partial charge in [0.15, 0.2) is 0 Å². The summed E-state index contributed by atoms with van der Waals surface area (Å²) in [5.41, 5.74) is 1.97. The van der Waals surface area contributed by atoms with E-state index in [-0.39, 0.29) is 0 Å². The molecule has 3 rings (SSSR count). The van der Waals surface area contributed by atoms with Crippen LogP contribution in [0.2, 0.25) is 0 Å². The first-order valence-electron chi connectivity index (χ1n) is 13.1. The van der Waals surface area contributed by atoms with Crippen LogP contribution in [-0.2, 0) is 25.7 Å². The first-order chi connectivity index (χ1) is 21.0. The number of benzene rings is 1. The molecule has 2 aliphatic rings. The normalized spacial score (nSPS) is 18.9. The van der Waals surface area contributed by atoms with Gasteiger partial charge in [0.25, 0.3) is 0 Å². The highest BCUT2D eigenvalue weighted by Crippen LogP contribution is 2.25. The Morgan fingerprint density at radius 2 is 1.39 bits per heavy atom. The van der Waals surface area contributed by atoms with Crippen LogP contribution in [0.25, 0.3) is 0 Å². The van der Waals surface area contributed by atoms with Gasteiger partial charge in [-0.15, -0.1) is 0 Å². The van der Waals surface area contributed by atoms with E-state index in [4.69, 9.17) is 39.7 Å². The number of fused-ring (bicyclic) bond motifs is 1. The van der Waals surface area contributed by atoms with Crippen molar-refractivity contribution < 1.29 is 74.0 Å². The van der Waals surface area contributed by atoms with E-state index in [1.165, 1.54) is 12.0 Å². The number of likely N-dealkylation sites (tertiary alicyclic amines) is 1. The van der Waals surface area contributed by atoms with Gasteiger partial charge in [0.05, 0.1) is 24.3 Å². The molecule has 1 aromatic rings. The van der Waals surface area contributed by atoms with Gasteiger partial charge in [0.2, 0.25) is 0 Å². The molecule has 46 heavy (non-hydrogen) atoms. The van der Waals surface area contributed by atoms with Gasteiger partial charge in [-0.05, 0) is 44.8 Å². The number of nitrogens with zero attached hydrogens (tertiary/aromatic N) is 4. The lowest BCUT2D eigenvalue weighted by atomic mass is 9.93. The smallest absolute Gasteiger partial charge is 0.475 e. The molecule has 3 N–H and O–H groups in total. The second kappa shape index (κ2) is 19.1. The lowest BCUT2D eigenvalue weighted by molar-refractivity contribution is -0.193. The summed E-state index contributed by atoms with van der Waals surface area (Å²) in [6.07, 6.45) is -13.7. The van der Waals surface area contributed by atoms with Crippen molar-refractivity contribution in [3.8, 4) is 6.07 Å². The lowest BCUT2D eigenvalue weighted by Crippen LogP contribution is -2.46. The number of hydrogen-bond donors (Lipinski definition) is 3. The first-order valence-corrected chi connectivity index (χ1v) is 13.1. The molecule has 0 spiro atoms. The standard InChI is InChI=1S/C20H30N4O.3C2HF3O2/c1-22(2)8-9-23-10-11-25-20-16-24(7-6-19(20)15-23)14-18-5-3-4-17(12-18)13-21;3*3-2(4,5)1(6)7/h3-5,12,19-20H,6-11,14-16H2,1-2H3;3*(H,6,7)/t19-,20-;;;/m1.../s1. The maximum Gasteiger partial charge on any atom is 0.490 e. The van der Waals surface area contributed by atoms with Crippen molar-refractivity contribution in [3.05, 3.63) is 35.4 Å². The number of carbonyl (C=O) groups is 3. The fourth-order valence-electron chi connectivity index (χ4n) is 3.87. The van der Waals surface area contributed by atoms with E-state index in [0.29, 0.717) is 12.0 Å². The summed E-state index contributed by atoms with van der Waals surface area (Å²) in [6.45, 7) is 8.31. The van der Waals surface area contributed by atoms with Crippen LogP contribution in [0.5, 0.6) is 0 Å². The molecule has 2 aliphatic heterocycles. The molecule has 262 valence electrons. The van der Waals surface area contributed by atoms with Crippen molar-refractivity contribution in [2.75, 3.05) is 60.0 Å². The number of aliphatic carboxylic acids is 3. The maximum atomic E-state index is 10.6. The number of rotatable bonds is 5. The molecule has 2 saturated heterocycles. The number of carboxylic acid groups (broad SMARTS) is 3. The number of piperidine rings is 1. The van der Waals surface area contributed by atoms with Crippen LogP contribution in [0, 0.1) is 17.2 Å². The number of alkyl halides is 9. The Kier molecular flexibility index (Phi) is 17.6. The summed E-state index contributed by atoms with van der Waals surface area (Å²) >= 11 is 0. The molecule has 0 radical (unpaired) electrons. The van der Waals surface area contributed by atoms with E-state index in [1.807, 2.05) is 18.2 Å². The topological polar surface area (TPSA) is 155 Å². The Labute approximate surface area is 257 Å². The highest BCUT2D eigenvalue weighted by atomic mass is 19.4. The predicted octanol–water partition coefficient (Wildman–Crippen LogP) is 3.54. The van der Waals surface area contributed by atoms with Crippen LogP contribution in [-0.4, -0.2) is 133 Å². The number of ether oxygens (including phenoxy) is 1. The molecule has 2 atom stereocenters. The Balaban J connectivity index is 0.000000786. The van der Waals surface area contributed by atoms with E-state index in [9.17, 15) is 39.5 Å². The minimum absolute atomic E-state index is 0.345. The van der Waals surface area contributed by atoms with Crippen molar-refractivity contribution in [2.45, 2.75) is 37.6 Å². The second-order valence-corrected chi connectivity index (χ2v) is 10.0. The van der Waals surface area contributed by atoms with Gasteiger partial charge in [0, 0.05) is 45.2 Å². The average Bonchev–Trinajstić information content (AvgIpc) is 3.13. The zero-order chi connectivity index (χ0) is 35.9. The highest BCUT2D eigenvalue weighted by Gasteiger charge is 2.39. The van der Waals surface area contributed by atoms with Gasteiger partial charge in [-0.2, -0.15) is 44.8 Å². The average molecular weight is 685 g/mol. The molecule has 2 fully saturated rings. The van der Waals surface area contributed by atoms with Crippen molar-refractivity contribution >= 4 is 17.9 Å². The van der Waals surface area contributed by atoms with Gasteiger partial charge in [-0.25, -0.2) is 14.4 Å². The van der Waals surface area contributed by atoms with Crippen LogP contribution in [0.15, 0.2) is 24.3 Å². The predicted molar refractivity (Wildman–Crippen MR) is 140 cm³/mol. The molecule has 0 unspecified atom stereocenters. The molecule has 1 aromatic carbocycles. The van der Waals surface area contributed by atoms with Crippen LogP contribution in [0.4, 0.5) is 39.5 Å². The summed E-state index contributed by atoms with van der Waals surface area (Å²) in [6, 6.07) is 10.2. The van der Waals surface area contributed by atoms with Crippen LogP contribution in [0.1, 0.15) is 17.5 Å². The molecule has 11 nitrogen and oxygen atoms in total. The second-order valence-electron chi connectivity index (χ2n) is 10.0. The summed E-state index contributed by atoms with van der Waals surface area (Å²) in [4.78, 5) is 34.0. The molecule has 0 saturated carbocycles. The molecule has 0 bridgehead atoms. The largest absolute Gasteiger partial charge is 0.490 e. The van der Waals surface area contributed by atoms with Crippen molar-refractivity contribution in [3.63, 3.8) is 0 Å². The SMILES string of the molecule is CN(C)CCN1CCO[C@@H]2CN(Cc3cccc(C#N)c3)CC[C@@H]2C1.O=C(O)C(F)(F)F.O=C(O)C(F)(F)F.O=C(O)C(F)(F)F. The Morgan fingerprint density at radius 3 is 1.83 bits per heavy atom. The third-order valence-corrected chi connectivity index (χ3v) is 6.07. The van der Waals surface area contributed by atoms with Crippen molar-refractivity contribution in [1.29, 1.82) is 5.26 Å². The first kappa shape index (κ1) is 42.3. The molecular formula is C26H33F9N4O7. The minimum Gasteiger partial charge on any atom is -0.475 e. The fraction of sp³-hybridized carbons (Fsp3) is 0.615. The molecule has 2 heterocycles. The van der Waals surface area contributed by atoms with E-state index in [2.05, 4.69) is 40.9 Å². The van der Waals surface area contributed by atoms with Crippen molar-refractivity contribution in [1.82, 2.24) is 14.7 Å². The summed E-state index contributed by atoms with van der Waals surface area (Å²) in [5, 5.41) is 30.4. The zero-order valence-corrected chi connectivity index (χ0v) is 24.5. The molecule has 0 aromatic heterocycles.